The number of amides is 1. The molecule has 1 aliphatic heterocycles. The number of methoxy groups -OCH3 is 1. The van der Waals surface area contributed by atoms with Gasteiger partial charge in [-0.15, -0.1) is 0 Å². The minimum absolute atomic E-state index is 0.173. The summed E-state index contributed by atoms with van der Waals surface area (Å²) in [5, 5.41) is 3.94. The number of carbonyl (C=O) groups excluding carboxylic acids is 1. The van der Waals surface area contributed by atoms with Crippen LogP contribution in [0.5, 0.6) is 5.75 Å². The summed E-state index contributed by atoms with van der Waals surface area (Å²) >= 11 is 7.14. The lowest BCUT2D eigenvalue weighted by Crippen LogP contribution is -2.19. The Labute approximate surface area is 143 Å². The number of nitrogens with one attached hydrogen (secondary N) is 1. The van der Waals surface area contributed by atoms with E-state index in [0.29, 0.717) is 15.1 Å². The molecule has 2 aromatic carbocycles. The predicted octanol–water partition coefficient (Wildman–Crippen LogP) is 4.24. The summed E-state index contributed by atoms with van der Waals surface area (Å²) < 4.78 is 5.30. The fourth-order valence-electron chi connectivity index (χ4n) is 2.04. The summed E-state index contributed by atoms with van der Waals surface area (Å²) in [5.41, 5.74) is 1.58. The smallest absolute Gasteiger partial charge is 0.264 e. The molecule has 3 rings (SSSR count). The zero-order valence-electron chi connectivity index (χ0n) is 12.2. The van der Waals surface area contributed by atoms with Gasteiger partial charge in [-0.1, -0.05) is 29.8 Å². The van der Waals surface area contributed by atoms with E-state index in [4.69, 9.17) is 16.3 Å². The fourth-order valence-corrected chi connectivity index (χ4v) is 3.00. The van der Waals surface area contributed by atoms with Crippen molar-refractivity contribution in [1.82, 2.24) is 5.32 Å². The molecule has 0 aliphatic carbocycles. The Morgan fingerprint density at radius 1 is 1.17 bits per heavy atom. The van der Waals surface area contributed by atoms with Crippen molar-refractivity contribution in [2.75, 3.05) is 7.11 Å². The number of para-hydroxylation sites is 1. The van der Waals surface area contributed by atoms with Crippen molar-refractivity contribution in [2.24, 2.45) is 4.99 Å². The van der Waals surface area contributed by atoms with Crippen LogP contribution in [0, 0.1) is 0 Å². The lowest BCUT2D eigenvalue weighted by molar-refractivity contribution is -0.115. The summed E-state index contributed by atoms with van der Waals surface area (Å²) in [5.74, 6) is 0.546. The third-order valence-corrected chi connectivity index (χ3v) is 4.30. The van der Waals surface area contributed by atoms with Gasteiger partial charge in [-0.25, -0.2) is 4.99 Å². The number of aliphatic imine (C=N–C) groups is 1. The van der Waals surface area contributed by atoms with E-state index in [1.54, 1.807) is 37.5 Å². The van der Waals surface area contributed by atoms with Gasteiger partial charge >= 0.3 is 0 Å². The largest absolute Gasteiger partial charge is 0.496 e. The van der Waals surface area contributed by atoms with Gasteiger partial charge in [-0.3, -0.25) is 4.79 Å². The van der Waals surface area contributed by atoms with E-state index in [-0.39, 0.29) is 5.91 Å². The number of hydrogen-bond donors (Lipinski definition) is 1. The van der Waals surface area contributed by atoms with Gasteiger partial charge in [0.25, 0.3) is 5.91 Å². The molecule has 1 N–H and O–H groups in total. The van der Waals surface area contributed by atoms with Crippen molar-refractivity contribution in [3.63, 3.8) is 0 Å². The quantitative estimate of drug-likeness (QED) is 0.847. The second kappa shape index (κ2) is 6.89. The average Bonchev–Trinajstić information content (AvgIpc) is 2.90. The topological polar surface area (TPSA) is 50.7 Å². The van der Waals surface area contributed by atoms with Crippen molar-refractivity contribution in [2.45, 2.75) is 0 Å². The molecule has 116 valence electrons. The molecular formula is C17H13ClN2O2S. The molecule has 0 bridgehead atoms. The fraction of sp³-hybridized carbons (Fsp3) is 0.0588. The number of halogens is 1. The number of nitrogens with zero attached hydrogens (tertiary/aromatic N) is 1. The van der Waals surface area contributed by atoms with Gasteiger partial charge in [-0.2, -0.15) is 0 Å². The van der Waals surface area contributed by atoms with E-state index in [9.17, 15) is 4.79 Å². The highest BCUT2D eigenvalue weighted by molar-refractivity contribution is 8.18. The van der Waals surface area contributed by atoms with E-state index in [1.807, 2.05) is 24.3 Å². The Hall–Kier alpha value is -2.24. The monoisotopic (exact) mass is 344 g/mol. The van der Waals surface area contributed by atoms with Crippen LogP contribution in [0.15, 0.2) is 58.4 Å². The lowest BCUT2D eigenvalue weighted by atomic mass is 10.2. The number of benzene rings is 2. The van der Waals surface area contributed by atoms with E-state index < -0.39 is 0 Å². The molecule has 4 nitrogen and oxygen atoms in total. The van der Waals surface area contributed by atoms with E-state index in [0.717, 1.165) is 17.0 Å². The van der Waals surface area contributed by atoms with Crippen LogP contribution in [0.2, 0.25) is 5.02 Å². The number of thioether (sulfide) groups is 1. The summed E-state index contributed by atoms with van der Waals surface area (Å²) in [7, 11) is 1.60. The molecule has 0 atom stereocenters. The Balaban J connectivity index is 1.85. The standard InChI is InChI=1S/C17H13ClN2O2S/c1-22-14-5-3-2-4-11(14)10-15-16(21)20-17(23-15)19-13-8-6-12(18)7-9-13/h2-10H,1H3,(H,19,20,21). The van der Waals surface area contributed by atoms with E-state index in [1.165, 1.54) is 11.8 Å². The number of carbonyl (C=O) groups is 1. The minimum atomic E-state index is -0.173. The second-order valence-corrected chi connectivity index (χ2v) is 6.17. The third-order valence-electron chi connectivity index (χ3n) is 3.13. The lowest BCUT2D eigenvalue weighted by Gasteiger charge is -2.03. The van der Waals surface area contributed by atoms with Gasteiger partial charge in [0.05, 0.1) is 17.7 Å². The molecule has 0 spiro atoms. The van der Waals surface area contributed by atoms with Crippen LogP contribution in [-0.4, -0.2) is 18.2 Å². The first-order chi connectivity index (χ1) is 11.2. The minimum Gasteiger partial charge on any atom is -0.496 e. The van der Waals surface area contributed by atoms with Crippen LogP contribution in [0.3, 0.4) is 0 Å². The van der Waals surface area contributed by atoms with Crippen LogP contribution >= 0.6 is 23.4 Å². The van der Waals surface area contributed by atoms with Crippen molar-refractivity contribution >= 4 is 46.2 Å². The summed E-state index contributed by atoms with van der Waals surface area (Å²) in [6, 6.07) is 14.6. The molecule has 1 aliphatic rings. The summed E-state index contributed by atoms with van der Waals surface area (Å²) in [6.45, 7) is 0. The Kier molecular flexibility index (Phi) is 4.69. The molecule has 0 aromatic heterocycles. The molecule has 1 heterocycles. The second-order valence-electron chi connectivity index (χ2n) is 4.70. The van der Waals surface area contributed by atoms with Gasteiger partial charge in [-0.05, 0) is 48.2 Å². The van der Waals surface area contributed by atoms with Gasteiger partial charge < -0.3 is 10.1 Å². The van der Waals surface area contributed by atoms with Crippen molar-refractivity contribution < 1.29 is 9.53 Å². The van der Waals surface area contributed by atoms with Crippen molar-refractivity contribution in [1.29, 1.82) is 0 Å². The predicted molar refractivity (Wildman–Crippen MR) is 95.3 cm³/mol. The number of ether oxygens (including phenoxy) is 1. The molecule has 1 saturated heterocycles. The number of amidine groups is 1. The van der Waals surface area contributed by atoms with Crippen LogP contribution in [0.1, 0.15) is 5.56 Å². The Bertz CT molecular complexity index is 800. The molecule has 1 fully saturated rings. The molecule has 0 unspecified atom stereocenters. The number of rotatable bonds is 3. The maximum absolute atomic E-state index is 12.1. The average molecular weight is 345 g/mol. The van der Waals surface area contributed by atoms with Crippen LogP contribution in [0.4, 0.5) is 5.69 Å². The first-order valence-electron chi connectivity index (χ1n) is 6.84. The van der Waals surface area contributed by atoms with Gasteiger partial charge in [0.2, 0.25) is 0 Å². The zero-order valence-corrected chi connectivity index (χ0v) is 13.8. The van der Waals surface area contributed by atoms with E-state index in [2.05, 4.69) is 10.3 Å². The molecule has 2 aromatic rings. The summed E-state index contributed by atoms with van der Waals surface area (Å²) in [4.78, 5) is 17.1. The highest BCUT2D eigenvalue weighted by Crippen LogP contribution is 2.30. The molecule has 0 radical (unpaired) electrons. The SMILES string of the molecule is COc1ccccc1C=C1SC(=Nc2ccc(Cl)cc2)NC1=O. The van der Waals surface area contributed by atoms with Crippen LogP contribution in [-0.2, 0) is 4.79 Å². The van der Waals surface area contributed by atoms with Crippen LogP contribution < -0.4 is 10.1 Å². The first kappa shape index (κ1) is 15.6. The molecule has 0 saturated carbocycles. The Morgan fingerprint density at radius 3 is 2.65 bits per heavy atom. The first-order valence-corrected chi connectivity index (χ1v) is 8.03. The zero-order chi connectivity index (χ0) is 16.2. The van der Waals surface area contributed by atoms with Crippen LogP contribution in [0.25, 0.3) is 6.08 Å². The van der Waals surface area contributed by atoms with Gasteiger partial charge in [0.15, 0.2) is 5.17 Å². The van der Waals surface area contributed by atoms with Crippen molar-refractivity contribution in [3.05, 3.63) is 64.0 Å². The molecule has 1 amide bonds. The van der Waals surface area contributed by atoms with E-state index >= 15 is 0 Å². The number of hydrogen-bond acceptors (Lipinski definition) is 4. The highest BCUT2D eigenvalue weighted by Gasteiger charge is 2.24. The highest BCUT2D eigenvalue weighted by atomic mass is 35.5. The molecular weight excluding hydrogens is 332 g/mol. The maximum Gasteiger partial charge on any atom is 0.264 e. The van der Waals surface area contributed by atoms with Crippen molar-refractivity contribution in [3.8, 4) is 5.75 Å². The van der Waals surface area contributed by atoms with Gasteiger partial charge in [0.1, 0.15) is 5.75 Å². The summed E-state index contributed by atoms with van der Waals surface area (Å²) in [6.07, 6.45) is 1.79. The third kappa shape index (κ3) is 3.75. The molecule has 23 heavy (non-hydrogen) atoms. The van der Waals surface area contributed by atoms with Gasteiger partial charge in [0, 0.05) is 10.6 Å². The normalized spacial score (nSPS) is 17.6. The Morgan fingerprint density at radius 2 is 1.91 bits per heavy atom. The molecule has 6 heteroatoms. The maximum atomic E-state index is 12.1.